The minimum Gasteiger partial charge on any atom is -0.490 e. The van der Waals surface area contributed by atoms with Crippen molar-refractivity contribution in [2.24, 2.45) is 5.73 Å². The number of piperazine rings is 1. The number of hydrogen-bond donors (Lipinski definition) is 7. The quantitative estimate of drug-likeness (QED) is 0.0626. The van der Waals surface area contributed by atoms with E-state index >= 15 is 4.39 Å². The first-order chi connectivity index (χ1) is 34.2. The number of ether oxygens (including phenoxy) is 1. The molecular formula is C48H56ClF3N9O10P. The summed E-state index contributed by atoms with van der Waals surface area (Å²) in [7, 11) is -4.06. The molecule has 4 aliphatic heterocycles. The topological polar surface area (TPSA) is 260 Å². The Morgan fingerprint density at radius 2 is 1.75 bits per heavy atom. The predicted octanol–water partition coefficient (Wildman–Crippen LogP) is 3.65. The summed E-state index contributed by atoms with van der Waals surface area (Å²) in [6.45, 7) is 3.43. The Morgan fingerprint density at radius 1 is 0.986 bits per heavy atom. The summed E-state index contributed by atoms with van der Waals surface area (Å²) in [4.78, 5) is 107. The van der Waals surface area contributed by atoms with Crippen LogP contribution >= 0.6 is 19.2 Å². The molecule has 4 aliphatic rings. The molecule has 1 aromatic heterocycles. The molecule has 24 heteroatoms. The second-order valence-electron chi connectivity index (χ2n) is 18.9. The van der Waals surface area contributed by atoms with Crippen molar-refractivity contribution in [3.8, 4) is 5.75 Å². The van der Waals surface area contributed by atoms with E-state index in [0.717, 1.165) is 17.7 Å². The number of aromatic amines is 1. The molecule has 8 N–H and O–H groups in total. The lowest BCUT2D eigenvalue weighted by atomic mass is 9.89. The van der Waals surface area contributed by atoms with E-state index in [1.54, 1.807) is 31.3 Å². The van der Waals surface area contributed by atoms with Gasteiger partial charge in [0.05, 0.1) is 17.6 Å². The Hall–Kier alpha value is -6.03. The van der Waals surface area contributed by atoms with Gasteiger partial charge in [0.2, 0.25) is 29.5 Å². The lowest BCUT2D eigenvalue weighted by Gasteiger charge is -2.38. The van der Waals surface area contributed by atoms with E-state index < -0.39 is 78.2 Å². The number of carbonyl (C=O) groups excluding carboxylic acids is 6. The molecule has 8 rings (SSSR count). The molecule has 1 unspecified atom stereocenters. The maximum Gasteiger partial charge on any atom is 0.399 e. The SMILES string of the molecule is CN1CC[C@H]2CC[C@@H](C(=O)N[C@@H](CCC(N)=O)COc3cccc(N4CCN(Cc5ccc(C6CCC(=O)NC6=O)c(F)c5)CC4)c3Cl)N2C(=O)[C@@H](NC(=O)c2cc3cc(C(F)(F)P(=O)(O)O)ccc3[nH]2)C1. The summed E-state index contributed by atoms with van der Waals surface area (Å²) in [5.74, 6) is -4.08. The zero-order valence-corrected chi connectivity index (χ0v) is 40.9. The van der Waals surface area contributed by atoms with E-state index in [2.05, 4.69) is 30.7 Å². The van der Waals surface area contributed by atoms with Crippen LogP contribution in [0.15, 0.2) is 60.7 Å². The molecule has 4 fully saturated rings. The molecule has 0 saturated carbocycles. The van der Waals surface area contributed by atoms with E-state index in [0.29, 0.717) is 75.0 Å². The molecule has 0 spiro atoms. The molecule has 5 atom stereocenters. The number of hydrogen-bond acceptors (Lipinski definition) is 11. The van der Waals surface area contributed by atoms with Gasteiger partial charge < -0.3 is 50.6 Å². The summed E-state index contributed by atoms with van der Waals surface area (Å²) in [5, 5.41) is 8.39. The van der Waals surface area contributed by atoms with Gasteiger partial charge in [0.15, 0.2) is 0 Å². The molecule has 0 aliphatic carbocycles. The average molecular weight is 1040 g/mol. The van der Waals surface area contributed by atoms with Crippen molar-refractivity contribution in [2.75, 3.05) is 57.8 Å². The van der Waals surface area contributed by atoms with Crippen LogP contribution in [0.25, 0.3) is 10.9 Å². The third-order valence-corrected chi connectivity index (χ3v) is 15.2. The normalized spacial score (nSPS) is 22.0. The third-order valence-electron chi connectivity index (χ3n) is 13.8. The molecule has 72 heavy (non-hydrogen) atoms. The zero-order chi connectivity index (χ0) is 51.6. The van der Waals surface area contributed by atoms with Crippen LogP contribution in [0.1, 0.15) is 78.0 Å². The first kappa shape index (κ1) is 52.3. The number of halogens is 4. The highest BCUT2D eigenvalue weighted by atomic mass is 35.5. The number of amides is 6. The van der Waals surface area contributed by atoms with Crippen molar-refractivity contribution in [3.05, 3.63) is 93.9 Å². The van der Waals surface area contributed by atoms with Gasteiger partial charge in [0, 0.05) is 80.2 Å². The van der Waals surface area contributed by atoms with Crippen LogP contribution in [0, 0.1) is 5.82 Å². The molecule has 19 nitrogen and oxygen atoms in total. The van der Waals surface area contributed by atoms with Crippen molar-refractivity contribution >= 4 is 71.2 Å². The Labute approximate surface area is 417 Å². The second kappa shape index (κ2) is 21.6. The van der Waals surface area contributed by atoms with Gasteiger partial charge in [0.1, 0.15) is 41.0 Å². The Balaban J connectivity index is 0.890. The molecule has 0 bridgehead atoms. The van der Waals surface area contributed by atoms with Crippen LogP contribution < -0.4 is 31.3 Å². The first-order valence-electron chi connectivity index (χ1n) is 23.6. The lowest BCUT2D eigenvalue weighted by molar-refractivity contribution is -0.143. The summed E-state index contributed by atoms with van der Waals surface area (Å²) < 4.78 is 61.9. The highest BCUT2D eigenvalue weighted by molar-refractivity contribution is 7.52. The first-order valence-corrected chi connectivity index (χ1v) is 25.6. The zero-order valence-electron chi connectivity index (χ0n) is 39.3. The van der Waals surface area contributed by atoms with Crippen LogP contribution in [-0.2, 0) is 40.7 Å². The summed E-state index contributed by atoms with van der Waals surface area (Å²) in [6.07, 6.45) is 1.81. The van der Waals surface area contributed by atoms with E-state index in [9.17, 15) is 51.9 Å². The number of likely N-dealkylation sites (N-methyl/N-ethyl adjacent to an activating group) is 1. The fourth-order valence-electron chi connectivity index (χ4n) is 9.94. The van der Waals surface area contributed by atoms with E-state index in [-0.39, 0.29) is 72.9 Å². The van der Waals surface area contributed by atoms with Crippen molar-refractivity contribution in [1.82, 2.24) is 35.6 Å². The molecule has 5 heterocycles. The van der Waals surface area contributed by atoms with Crippen molar-refractivity contribution in [3.63, 3.8) is 0 Å². The molecular weight excluding hydrogens is 986 g/mol. The average Bonchev–Trinajstić information content (AvgIpc) is 3.96. The Kier molecular flexibility index (Phi) is 15.7. The highest BCUT2D eigenvalue weighted by Gasteiger charge is 2.50. The van der Waals surface area contributed by atoms with Gasteiger partial charge in [-0.3, -0.25) is 43.5 Å². The van der Waals surface area contributed by atoms with Gasteiger partial charge in [-0.05, 0) is 87.7 Å². The Morgan fingerprint density at radius 3 is 2.46 bits per heavy atom. The number of benzene rings is 3. The maximum atomic E-state index is 15.2. The molecule has 386 valence electrons. The summed E-state index contributed by atoms with van der Waals surface area (Å²) in [6, 6.07) is 11.1. The molecule has 4 saturated heterocycles. The number of anilines is 1. The number of rotatable bonds is 16. The van der Waals surface area contributed by atoms with Crippen molar-refractivity contribution in [1.29, 1.82) is 0 Å². The second-order valence-corrected chi connectivity index (χ2v) is 20.9. The number of aromatic nitrogens is 1. The number of carbonyl (C=O) groups is 6. The van der Waals surface area contributed by atoms with Crippen LogP contribution in [0.5, 0.6) is 5.75 Å². The number of primary amides is 1. The Bertz CT molecular complexity index is 2810. The minimum atomic E-state index is -5.85. The van der Waals surface area contributed by atoms with Crippen LogP contribution in [0.3, 0.4) is 0 Å². The number of nitrogens with one attached hydrogen (secondary N) is 4. The fourth-order valence-corrected chi connectivity index (χ4v) is 10.7. The largest absolute Gasteiger partial charge is 0.490 e. The smallest absolute Gasteiger partial charge is 0.399 e. The highest BCUT2D eigenvalue weighted by Crippen LogP contribution is 2.59. The van der Waals surface area contributed by atoms with E-state index in [4.69, 9.17) is 22.1 Å². The van der Waals surface area contributed by atoms with Gasteiger partial charge in [0.25, 0.3) is 5.91 Å². The number of alkyl halides is 2. The molecule has 0 radical (unpaired) electrons. The van der Waals surface area contributed by atoms with Gasteiger partial charge in [-0.1, -0.05) is 35.9 Å². The molecule has 3 aromatic carbocycles. The van der Waals surface area contributed by atoms with Gasteiger partial charge >= 0.3 is 13.3 Å². The number of nitrogens with zero attached hydrogens (tertiary/aromatic N) is 4. The number of piperidine rings is 1. The monoisotopic (exact) mass is 1040 g/mol. The minimum absolute atomic E-state index is 0.0781. The molecule has 4 aromatic rings. The number of H-pyrrole nitrogens is 1. The van der Waals surface area contributed by atoms with E-state index in [1.807, 2.05) is 11.0 Å². The number of nitrogens with two attached hydrogens (primary N) is 1. The number of imide groups is 1. The van der Waals surface area contributed by atoms with Gasteiger partial charge in [-0.15, -0.1) is 0 Å². The third kappa shape index (κ3) is 11.6. The number of fused-ring (bicyclic) bond motifs is 2. The van der Waals surface area contributed by atoms with Crippen LogP contribution in [0.4, 0.5) is 18.9 Å². The van der Waals surface area contributed by atoms with Gasteiger partial charge in [-0.2, -0.15) is 8.78 Å². The summed E-state index contributed by atoms with van der Waals surface area (Å²) in [5.41, 5.74) is 1.98. The van der Waals surface area contributed by atoms with Crippen LogP contribution in [-0.4, -0.2) is 142 Å². The maximum absolute atomic E-state index is 15.2. The van der Waals surface area contributed by atoms with E-state index in [1.165, 1.54) is 23.1 Å². The lowest BCUT2D eigenvalue weighted by Crippen LogP contribution is -2.60. The fraction of sp³-hybridized carbons (Fsp3) is 0.458. The predicted molar refractivity (Wildman–Crippen MR) is 258 cm³/mol. The van der Waals surface area contributed by atoms with Crippen molar-refractivity contribution < 1.29 is 61.0 Å². The summed E-state index contributed by atoms with van der Waals surface area (Å²) >= 11 is 6.96. The molecule has 6 amide bonds. The standard InChI is InChI=1S/C48H56ClF3N9O10P/c1-58-16-15-31-8-12-39(61(31)47(67)37(25-58)56-45(65)36-23-28-22-29(6-11-35(28)55-36)48(51,52)72(68,69)70)46(66)54-30(7-13-41(53)62)26-71-40-4-2-3-38(43(40)49)60-19-17-59(18-20-60)24-27-5-9-32(34(50)21-27)33-10-14-42(63)57-44(33)64/h2-6,9,11,21-23,30-31,33,37,39,55H,7-8,10,12-20,24-26H2,1H3,(H2,53,62)(H,54,66)(H,56,65)(H,57,63,64)(H2,68,69,70)/t30-,31+,33?,37-,39-/m0/s1. The van der Waals surface area contributed by atoms with Crippen molar-refractivity contribution in [2.45, 2.75) is 87.2 Å². The van der Waals surface area contributed by atoms with Gasteiger partial charge in [-0.25, -0.2) is 4.39 Å². The van der Waals surface area contributed by atoms with Crippen LogP contribution in [0.2, 0.25) is 5.02 Å².